The molecule has 2 aromatic rings. The number of para-hydroxylation sites is 1. The average Bonchev–Trinajstić information content (AvgIpc) is 3.20. The van der Waals surface area contributed by atoms with Gasteiger partial charge >= 0.3 is 0 Å². The highest BCUT2D eigenvalue weighted by Gasteiger charge is 2.36. The largest absolute Gasteiger partial charge is 0.326 e. The fourth-order valence-electron chi connectivity index (χ4n) is 3.87. The van der Waals surface area contributed by atoms with Gasteiger partial charge in [-0.25, -0.2) is 13.1 Å². The van der Waals surface area contributed by atoms with Crippen molar-refractivity contribution in [3.63, 3.8) is 0 Å². The molecule has 0 aliphatic carbocycles. The summed E-state index contributed by atoms with van der Waals surface area (Å²) in [5, 5.41) is 2.85. The first-order chi connectivity index (χ1) is 15.7. The summed E-state index contributed by atoms with van der Waals surface area (Å²) in [6, 6.07) is 14.5. The summed E-state index contributed by atoms with van der Waals surface area (Å²) in [5.41, 5.74) is 3.16. The number of amides is 2. The third kappa shape index (κ3) is 6.30. The van der Waals surface area contributed by atoms with E-state index in [4.69, 9.17) is 0 Å². The number of nitrogens with one attached hydrogen (secondary N) is 2. The van der Waals surface area contributed by atoms with E-state index in [1.807, 2.05) is 24.3 Å². The van der Waals surface area contributed by atoms with Crippen LogP contribution in [0.25, 0.3) is 0 Å². The first-order valence-electron chi connectivity index (χ1n) is 11.1. The van der Waals surface area contributed by atoms with Crippen LogP contribution in [-0.4, -0.2) is 33.3 Å². The molecule has 0 aromatic heterocycles. The van der Waals surface area contributed by atoms with Crippen molar-refractivity contribution in [3.05, 3.63) is 72.3 Å². The van der Waals surface area contributed by atoms with Gasteiger partial charge in [-0.3, -0.25) is 9.59 Å². The van der Waals surface area contributed by atoms with Crippen LogP contribution in [0.3, 0.4) is 0 Å². The molecule has 3 rings (SSSR count). The number of carbonyl (C=O) groups excluding carboxylic acids is 2. The Bertz CT molecular complexity index is 1110. The summed E-state index contributed by atoms with van der Waals surface area (Å²) >= 11 is 0. The molecule has 1 saturated heterocycles. The average molecular weight is 470 g/mol. The lowest BCUT2D eigenvalue weighted by Gasteiger charge is -2.23. The van der Waals surface area contributed by atoms with Gasteiger partial charge in [-0.05, 0) is 41.7 Å². The first-order valence-corrected chi connectivity index (χ1v) is 12.8. The van der Waals surface area contributed by atoms with Gasteiger partial charge in [0.05, 0.1) is 11.7 Å². The molecule has 2 unspecified atom stereocenters. The van der Waals surface area contributed by atoms with Crippen LogP contribution in [0.5, 0.6) is 0 Å². The van der Waals surface area contributed by atoms with E-state index in [9.17, 15) is 18.0 Å². The lowest BCUT2D eigenvalue weighted by Crippen LogP contribution is -2.29. The molecular weight excluding hydrogens is 438 g/mol. The minimum atomic E-state index is -3.45. The van der Waals surface area contributed by atoms with Crippen molar-refractivity contribution in [2.75, 3.05) is 23.3 Å². The Morgan fingerprint density at radius 1 is 1.21 bits per heavy atom. The van der Waals surface area contributed by atoms with Crippen molar-refractivity contribution < 1.29 is 18.0 Å². The number of sulfonamides is 1. The van der Waals surface area contributed by atoms with Gasteiger partial charge in [-0.2, -0.15) is 0 Å². The highest BCUT2D eigenvalue weighted by molar-refractivity contribution is 7.88. The van der Waals surface area contributed by atoms with Crippen LogP contribution in [0, 0.1) is 5.92 Å². The highest BCUT2D eigenvalue weighted by Crippen LogP contribution is 2.33. The van der Waals surface area contributed by atoms with Crippen LogP contribution >= 0.6 is 0 Å². The topological polar surface area (TPSA) is 95.6 Å². The van der Waals surface area contributed by atoms with E-state index in [1.54, 1.807) is 29.2 Å². The standard InChI is InChI=1S/C25H31N3O4S/c1-4-14-26-33(31,32)17-19-10-12-21(13-11-19)27-25(30)20-15-24(29)28(16-20)23-9-7-6-8-22(23)18(3)5-2/h4,6-13,18,20,26H,1,5,14-17H2,2-3H3,(H,27,30). The summed E-state index contributed by atoms with van der Waals surface area (Å²) in [7, 11) is -3.45. The van der Waals surface area contributed by atoms with E-state index in [1.165, 1.54) is 6.08 Å². The lowest BCUT2D eigenvalue weighted by molar-refractivity contribution is -0.122. The summed E-state index contributed by atoms with van der Waals surface area (Å²) in [6.07, 6.45) is 2.60. The Labute approximate surface area is 195 Å². The zero-order valence-corrected chi connectivity index (χ0v) is 19.9. The second-order valence-electron chi connectivity index (χ2n) is 8.36. The molecule has 2 atom stereocenters. The predicted molar refractivity (Wildman–Crippen MR) is 132 cm³/mol. The zero-order chi connectivity index (χ0) is 24.0. The summed E-state index contributed by atoms with van der Waals surface area (Å²) < 4.78 is 26.4. The Balaban J connectivity index is 1.64. The number of nitrogens with zero attached hydrogens (tertiary/aromatic N) is 1. The second kappa shape index (κ2) is 10.8. The van der Waals surface area contributed by atoms with Crippen molar-refractivity contribution in [2.45, 2.75) is 38.4 Å². The molecule has 7 nitrogen and oxygen atoms in total. The fraction of sp³-hybridized carbons (Fsp3) is 0.360. The van der Waals surface area contributed by atoms with Crippen molar-refractivity contribution >= 4 is 33.2 Å². The molecule has 1 heterocycles. The molecule has 1 aliphatic heterocycles. The molecule has 0 bridgehead atoms. The van der Waals surface area contributed by atoms with Crippen molar-refractivity contribution in [2.24, 2.45) is 5.92 Å². The summed E-state index contributed by atoms with van der Waals surface area (Å²) in [4.78, 5) is 27.3. The van der Waals surface area contributed by atoms with Gasteiger partial charge in [0.2, 0.25) is 21.8 Å². The van der Waals surface area contributed by atoms with Crippen LogP contribution in [-0.2, 0) is 25.4 Å². The molecule has 0 radical (unpaired) electrons. The maximum absolute atomic E-state index is 12.8. The van der Waals surface area contributed by atoms with Gasteiger partial charge in [0.1, 0.15) is 0 Å². The monoisotopic (exact) mass is 469 g/mol. The van der Waals surface area contributed by atoms with E-state index in [0.717, 1.165) is 17.7 Å². The maximum Gasteiger partial charge on any atom is 0.229 e. The number of hydrogen-bond acceptors (Lipinski definition) is 4. The van der Waals surface area contributed by atoms with Gasteiger partial charge in [0.15, 0.2) is 0 Å². The lowest BCUT2D eigenvalue weighted by atomic mass is 9.96. The minimum Gasteiger partial charge on any atom is -0.326 e. The molecule has 8 heteroatoms. The minimum absolute atomic E-state index is 0.0570. The van der Waals surface area contributed by atoms with Crippen LogP contribution in [0.2, 0.25) is 0 Å². The van der Waals surface area contributed by atoms with Gasteiger partial charge in [-0.15, -0.1) is 6.58 Å². The van der Waals surface area contributed by atoms with Gasteiger partial charge in [-0.1, -0.05) is 50.3 Å². The number of benzene rings is 2. The maximum atomic E-state index is 12.8. The quantitative estimate of drug-likeness (QED) is 0.518. The van der Waals surface area contributed by atoms with Crippen molar-refractivity contribution in [1.82, 2.24) is 4.72 Å². The second-order valence-corrected chi connectivity index (χ2v) is 10.2. The van der Waals surface area contributed by atoms with Crippen molar-refractivity contribution in [3.8, 4) is 0 Å². The number of rotatable bonds is 10. The van der Waals surface area contributed by atoms with Crippen molar-refractivity contribution in [1.29, 1.82) is 0 Å². The van der Waals surface area contributed by atoms with Crippen LogP contribution in [0.1, 0.15) is 43.7 Å². The Kier molecular flexibility index (Phi) is 8.05. The van der Waals surface area contributed by atoms with E-state index in [-0.39, 0.29) is 30.5 Å². The van der Waals surface area contributed by atoms with E-state index >= 15 is 0 Å². The molecule has 0 saturated carbocycles. The Morgan fingerprint density at radius 2 is 1.91 bits per heavy atom. The van der Waals surface area contributed by atoms with Gasteiger partial charge < -0.3 is 10.2 Å². The van der Waals surface area contributed by atoms with Crippen LogP contribution < -0.4 is 14.9 Å². The number of hydrogen-bond donors (Lipinski definition) is 2. The summed E-state index contributed by atoms with van der Waals surface area (Å²) in [6.45, 7) is 8.25. The molecule has 2 N–H and O–H groups in total. The molecule has 0 spiro atoms. The van der Waals surface area contributed by atoms with E-state index in [2.05, 4.69) is 30.5 Å². The number of anilines is 2. The fourth-order valence-corrected chi connectivity index (χ4v) is 4.98. The van der Waals surface area contributed by atoms with Crippen LogP contribution in [0.15, 0.2) is 61.2 Å². The molecule has 1 fully saturated rings. The normalized spacial score (nSPS) is 17.1. The van der Waals surface area contributed by atoms with Crippen LogP contribution in [0.4, 0.5) is 11.4 Å². The number of carbonyl (C=O) groups is 2. The van der Waals surface area contributed by atoms with E-state index < -0.39 is 15.9 Å². The van der Waals surface area contributed by atoms with Gasteiger partial charge in [0, 0.05) is 30.9 Å². The summed E-state index contributed by atoms with van der Waals surface area (Å²) in [5.74, 6) is -0.572. The SMILES string of the molecule is C=CCNS(=O)(=O)Cc1ccc(NC(=O)C2CC(=O)N(c3ccccc3C(C)CC)C2)cc1. The molecule has 1 aliphatic rings. The molecule has 2 amide bonds. The molecule has 2 aromatic carbocycles. The zero-order valence-electron chi connectivity index (χ0n) is 19.1. The van der Waals surface area contributed by atoms with E-state index in [0.29, 0.717) is 23.7 Å². The Morgan fingerprint density at radius 3 is 2.58 bits per heavy atom. The smallest absolute Gasteiger partial charge is 0.229 e. The third-order valence-electron chi connectivity index (χ3n) is 5.89. The predicted octanol–water partition coefficient (Wildman–Crippen LogP) is 3.80. The highest BCUT2D eigenvalue weighted by atomic mass is 32.2. The molecule has 176 valence electrons. The first kappa shape index (κ1) is 24.7. The Hall–Kier alpha value is -2.97. The third-order valence-corrected chi connectivity index (χ3v) is 7.21. The molecule has 33 heavy (non-hydrogen) atoms. The van der Waals surface area contributed by atoms with Gasteiger partial charge in [0.25, 0.3) is 0 Å². The molecular formula is C25H31N3O4S.